The van der Waals surface area contributed by atoms with Gasteiger partial charge in [0.2, 0.25) is 0 Å². The highest BCUT2D eigenvalue weighted by Crippen LogP contribution is 2.32. The molecule has 4 nitrogen and oxygen atoms in total. The number of amides is 1. The zero-order valence-corrected chi connectivity index (χ0v) is 14.2. The van der Waals surface area contributed by atoms with Crippen molar-refractivity contribution in [2.24, 2.45) is 0 Å². The lowest BCUT2D eigenvalue weighted by Gasteiger charge is -2.30. The minimum Gasteiger partial charge on any atom is -0.332 e. The summed E-state index contributed by atoms with van der Waals surface area (Å²) in [7, 11) is -3.36. The second-order valence-electron chi connectivity index (χ2n) is 4.81. The van der Waals surface area contributed by atoms with E-state index in [1.54, 1.807) is 6.07 Å². The third-order valence-electron chi connectivity index (χ3n) is 3.32. The molecule has 0 unspecified atom stereocenters. The van der Waals surface area contributed by atoms with Crippen molar-refractivity contribution in [3.63, 3.8) is 0 Å². The highest BCUT2D eigenvalue weighted by molar-refractivity contribution is 14.2. The van der Waals surface area contributed by atoms with Gasteiger partial charge in [-0.05, 0) is 50.4 Å². The van der Waals surface area contributed by atoms with Crippen molar-refractivity contribution in [2.75, 3.05) is 12.8 Å². The van der Waals surface area contributed by atoms with Gasteiger partial charge in [-0.15, -0.1) is 0 Å². The first-order valence-electron chi connectivity index (χ1n) is 6.04. The number of sulfone groups is 1. The normalized spacial score (nSPS) is 15.7. The summed E-state index contributed by atoms with van der Waals surface area (Å²) in [6.07, 6.45) is 1.53. The number of hydrogen-bond acceptors (Lipinski definition) is 3. The van der Waals surface area contributed by atoms with E-state index in [0.717, 1.165) is 16.7 Å². The van der Waals surface area contributed by atoms with Crippen LogP contribution in [0.3, 0.4) is 0 Å². The molecule has 1 aliphatic rings. The first kappa shape index (κ1) is 16.5. The van der Waals surface area contributed by atoms with Gasteiger partial charge in [-0.1, -0.05) is 10.6 Å². The minimum absolute atomic E-state index is 0.0108. The fraction of sp³-hybridized carbons (Fsp3) is 0.385. The van der Waals surface area contributed by atoms with Gasteiger partial charge in [0.25, 0.3) is 0 Å². The van der Waals surface area contributed by atoms with E-state index in [4.69, 9.17) is 0 Å². The van der Waals surface area contributed by atoms with E-state index in [1.165, 1.54) is 12.1 Å². The van der Waals surface area contributed by atoms with Crippen LogP contribution in [0.1, 0.15) is 11.1 Å². The van der Waals surface area contributed by atoms with Crippen LogP contribution in [0.5, 0.6) is 0 Å². The molecule has 0 aromatic heterocycles. The third-order valence-corrected chi connectivity index (χ3v) is 5.85. The highest BCUT2D eigenvalue weighted by Gasteiger charge is 2.40. The van der Waals surface area contributed by atoms with Gasteiger partial charge in [0.1, 0.15) is 0 Å². The maximum Gasteiger partial charge on any atom is 0.367 e. The van der Waals surface area contributed by atoms with Gasteiger partial charge in [-0.25, -0.2) is 8.42 Å². The van der Waals surface area contributed by atoms with Gasteiger partial charge in [0, 0.05) is 19.3 Å². The van der Waals surface area contributed by atoms with Crippen LogP contribution in [0.4, 0.5) is 8.78 Å². The fourth-order valence-corrected chi connectivity index (χ4v) is 3.51. The highest BCUT2D eigenvalue weighted by atomic mass is 127. The molecule has 21 heavy (non-hydrogen) atoms. The number of carbonyl (C=O) groups is 1. The molecule has 0 aliphatic carbocycles. The summed E-state index contributed by atoms with van der Waals surface area (Å²) in [5.41, 5.74) is 1.50. The van der Waals surface area contributed by atoms with Gasteiger partial charge in [0.15, 0.2) is 9.84 Å². The van der Waals surface area contributed by atoms with Crippen LogP contribution < -0.4 is 0 Å². The van der Waals surface area contributed by atoms with Gasteiger partial charge in [-0.3, -0.25) is 4.79 Å². The Morgan fingerprint density at radius 2 is 2.05 bits per heavy atom. The first-order chi connectivity index (χ1) is 9.65. The van der Waals surface area contributed by atoms with Crippen LogP contribution >= 0.6 is 20.7 Å². The lowest BCUT2D eigenvalue weighted by molar-refractivity contribution is -0.145. The average molecular weight is 429 g/mol. The quantitative estimate of drug-likeness (QED) is 0.546. The van der Waals surface area contributed by atoms with E-state index >= 15 is 0 Å². The molecule has 116 valence electrons. The van der Waals surface area contributed by atoms with Gasteiger partial charge >= 0.3 is 9.84 Å². The first-order valence-corrected chi connectivity index (χ1v) is 10.5. The maximum atomic E-state index is 13.5. The van der Waals surface area contributed by atoms with Crippen LogP contribution in [0, 0.1) is 0 Å². The van der Waals surface area contributed by atoms with Crippen LogP contribution in [0.25, 0.3) is 0 Å². The standard InChI is InChI=1S/C13H14F2INO3S/c1-16-13(14,15)12(18)17-6-5-9-3-4-11(21(2,19)20)7-10(9)8-17/h3-4,7H,1,5-6,8H2,2H3. The molecule has 0 saturated heterocycles. The van der Waals surface area contributed by atoms with E-state index in [1.807, 2.05) is 0 Å². The monoisotopic (exact) mass is 429 g/mol. The Morgan fingerprint density at radius 1 is 1.38 bits per heavy atom. The zero-order valence-electron chi connectivity index (χ0n) is 11.3. The van der Waals surface area contributed by atoms with Crippen LogP contribution in [0.2, 0.25) is 0 Å². The summed E-state index contributed by atoms with van der Waals surface area (Å²) in [4.78, 5) is 13.0. The lowest BCUT2D eigenvalue weighted by Crippen LogP contribution is -2.43. The Balaban J connectivity index is 2.31. The van der Waals surface area contributed by atoms with Crippen molar-refractivity contribution in [3.8, 4) is 0 Å². The largest absolute Gasteiger partial charge is 0.367 e. The van der Waals surface area contributed by atoms with Crippen molar-refractivity contribution in [1.29, 1.82) is 0 Å². The van der Waals surface area contributed by atoms with Crippen molar-refractivity contribution in [3.05, 3.63) is 29.3 Å². The van der Waals surface area contributed by atoms with Crippen molar-refractivity contribution >= 4 is 41.0 Å². The summed E-state index contributed by atoms with van der Waals surface area (Å²) in [6.45, 7) is 0.222. The Hall–Kier alpha value is -0.900. The number of benzene rings is 1. The molecule has 0 fully saturated rings. The average Bonchev–Trinajstić information content (AvgIpc) is 2.44. The topological polar surface area (TPSA) is 54.5 Å². The summed E-state index contributed by atoms with van der Waals surface area (Å²) < 4.78 is 49.8. The summed E-state index contributed by atoms with van der Waals surface area (Å²) in [6, 6.07) is 4.64. The van der Waals surface area contributed by atoms with Crippen molar-refractivity contribution < 1.29 is 22.0 Å². The molecule has 0 N–H and O–H groups in total. The van der Waals surface area contributed by atoms with E-state index in [0.29, 0.717) is 12.0 Å². The van der Waals surface area contributed by atoms with E-state index in [9.17, 15) is 22.0 Å². The summed E-state index contributed by atoms with van der Waals surface area (Å²) in [5, 5.41) is 0. The number of hydrogen-bond donors (Lipinski definition) is 0. The number of rotatable bonds is 3. The SMILES string of the molecule is C=IC(F)(F)C(=O)N1CCc2ccc(S(C)(=O)=O)cc2C1. The molecule has 1 heterocycles. The smallest absolute Gasteiger partial charge is 0.332 e. The molecule has 0 bridgehead atoms. The molecule has 0 saturated carbocycles. The summed E-state index contributed by atoms with van der Waals surface area (Å²) >= 11 is -1.77. The van der Waals surface area contributed by atoms with Gasteiger partial charge in [-0.2, -0.15) is 8.78 Å². The van der Waals surface area contributed by atoms with E-state index < -0.39 is 40.4 Å². The molecule has 8 heteroatoms. The summed E-state index contributed by atoms with van der Waals surface area (Å²) in [5.74, 6) is -1.21. The Labute approximate surface area is 131 Å². The molecule has 2 rings (SSSR count). The lowest BCUT2D eigenvalue weighted by atomic mass is 10.00. The predicted molar refractivity (Wildman–Crippen MR) is 84.8 cm³/mol. The third kappa shape index (κ3) is 3.47. The fourth-order valence-electron chi connectivity index (χ4n) is 2.17. The molecule has 1 aromatic rings. The molecule has 0 radical (unpaired) electrons. The van der Waals surface area contributed by atoms with Gasteiger partial charge < -0.3 is 4.90 Å². The maximum absolute atomic E-state index is 13.5. The van der Waals surface area contributed by atoms with Crippen LogP contribution in [-0.4, -0.2) is 40.5 Å². The number of alkyl halides is 3. The molecule has 0 spiro atoms. The van der Waals surface area contributed by atoms with Gasteiger partial charge in [0.05, 0.1) is 4.90 Å². The zero-order chi connectivity index (χ0) is 15.8. The molecule has 1 aliphatic heterocycles. The number of halogens is 3. The van der Waals surface area contributed by atoms with Crippen molar-refractivity contribution in [2.45, 2.75) is 21.8 Å². The molecule has 0 atom stereocenters. The van der Waals surface area contributed by atoms with E-state index in [2.05, 4.69) is 4.51 Å². The number of fused-ring (bicyclic) bond motifs is 1. The second-order valence-corrected chi connectivity index (χ2v) is 8.94. The molecule has 1 amide bonds. The van der Waals surface area contributed by atoms with Crippen LogP contribution in [-0.2, 0) is 27.6 Å². The van der Waals surface area contributed by atoms with E-state index in [-0.39, 0.29) is 18.0 Å². The Morgan fingerprint density at radius 3 is 2.62 bits per heavy atom. The Bertz CT molecular complexity index is 703. The van der Waals surface area contributed by atoms with Crippen LogP contribution in [0.15, 0.2) is 23.1 Å². The molecular weight excluding hydrogens is 415 g/mol. The minimum atomic E-state index is -3.37. The molecule has 1 aromatic carbocycles. The second kappa shape index (κ2) is 5.71. The Kier molecular flexibility index (Phi) is 4.48. The molecular formula is C13H14F2INO3S. The van der Waals surface area contributed by atoms with Crippen molar-refractivity contribution in [1.82, 2.24) is 4.90 Å². The number of nitrogens with zero attached hydrogens (tertiary/aromatic N) is 1. The predicted octanol–water partition coefficient (Wildman–Crippen LogP) is 1.97. The number of carbonyl (C=O) groups excluding carboxylic acids is 1.